The molecule has 2 N–H and O–H groups in total. The number of hydrogen-bond acceptors (Lipinski definition) is 4. The SMILES string of the molecule is COCC(O)CN(C)Cc1nc2ccccc2[nH]1. The van der Waals surface area contributed by atoms with Gasteiger partial charge in [0, 0.05) is 13.7 Å². The Morgan fingerprint density at radius 3 is 2.94 bits per heavy atom. The predicted molar refractivity (Wildman–Crippen MR) is 70.3 cm³/mol. The van der Waals surface area contributed by atoms with Gasteiger partial charge in [-0.1, -0.05) is 12.1 Å². The molecule has 1 aromatic carbocycles. The zero-order valence-electron chi connectivity index (χ0n) is 10.8. The zero-order chi connectivity index (χ0) is 13.0. The second-order valence-electron chi connectivity index (χ2n) is 4.51. The first-order chi connectivity index (χ1) is 8.69. The van der Waals surface area contributed by atoms with Crippen molar-refractivity contribution >= 4 is 11.0 Å². The highest BCUT2D eigenvalue weighted by molar-refractivity contribution is 5.74. The molecule has 18 heavy (non-hydrogen) atoms. The quantitative estimate of drug-likeness (QED) is 0.802. The molecule has 1 unspecified atom stereocenters. The minimum atomic E-state index is -0.468. The number of hydrogen-bond donors (Lipinski definition) is 2. The van der Waals surface area contributed by atoms with Crippen LogP contribution in [0.4, 0.5) is 0 Å². The fraction of sp³-hybridized carbons (Fsp3) is 0.462. The lowest BCUT2D eigenvalue weighted by Crippen LogP contribution is -2.31. The van der Waals surface area contributed by atoms with Crippen molar-refractivity contribution in [3.63, 3.8) is 0 Å². The number of rotatable bonds is 6. The van der Waals surface area contributed by atoms with Crippen molar-refractivity contribution in [1.82, 2.24) is 14.9 Å². The summed E-state index contributed by atoms with van der Waals surface area (Å²) in [5.74, 6) is 0.906. The lowest BCUT2D eigenvalue weighted by molar-refractivity contribution is 0.0415. The monoisotopic (exact) mass is 249 g/mol. The maximum Gasteiger partial charge on any atom is 0.121 e. The molecule has 1 aromatic heterocycles. The van der Waals surface area contributed by atoms with Crippen LogP contribution in [-0.2, 0) is 11.3 Å². The number of nitrogens with zero attached hydrogens (tertiary/aromatic N) is 2. The summed E-state index contributed by atoms with van der Waals surface area (Å²) >= 11 is 0. The van der Waals surface area contributed by atoms with Crippen molar-refractivity contribution in [2.75, 3.05) is 27.3 Å². The van der Waals surface area contributed by atoms with Gasteiger partial charge in [0.25, 0.3) is 0 Å². The topological polar surface area (TPSA) is 61.4 Å². The van der Waals surface area contributed by atoms with Gasteiger partial charge in [0.15, 0.2) is 0 Å². The van der Waals surface area contributed by atoms with E-state index in [4.69, 9.17) is 4.74 Å². The van der Waals surface area contributed by atoms with Crippen molar-refractivity contribution in [3.05, 3.63) is 30.1 Å². The Hall–Kier alpha value is -1.43. The number of imidazole rings is 1. The number of nitrogens with one attached hydrogen (secondary N) is 1. The van der Waals surface area contributed by atoms with E-state index in [0.717, 1.165) is 16.9 Å². The smallest absolute Gasteiger partial charge is 0.121 e. The molecule has 1 heterocycles. The maximum atomic E-state index is 9.64. The van der Waals surface area contributed by atoms with E-state index in [9.17, 15) is 5.11 Å². The van der Waals surface area contributed by atoms with Crippen LogP contribution < -0.4 is 0 Å². The molecule has 0 saturated heterocycles. The number of methoxy groups -OCH3 is 1. The summed E-state index contributed by atoms with van der Waals surface area (Å²) in [6.45, 7) is 1.59. The Labute approximate surface area is 106 Å². The maximum absolute atomic E-state index is 9.64. The fourth-order valence-electron chi connectivity index (χ4n) is 2.01. The van der Waals surface area contributed by atoms with Gasteiger partial charge in [0.1, 0.15) is 5.82 Å². The van der Waals surface area contributed by atoms with Crippen molar-refractivity contribution in [2.45, 2.75) is 12.6 Å². The molecule has 2 rings (SSSR count). The van der Waals surface area contributed by atoms with Gasteiger partial charge < -0.3 is 14.8 Å². The van der Waals surface area contributed by atoms with Crippen molar-refractivity contribution in [2.24, 2.45) is 0 Å². The number of aliphatic hydroxyl groups is 1. The van der Waals surface area contributed by atoms with E-state index in [1.165, 1.54) is 0 Å². The second-order valence-corrected chi connectivity index (χ2v) is 4.51. The Morgan fingerprint density at radius 2 is 2.22 bits per heavy atom. The van der Waals surface area contributed by atoms with E-state index in [1.54, 1.807) is 7.11 Å². The van der Waals surface area contributed by atoms with Crippen LogP contribution in [0, 0.1) is 0 Å². The molecule has 0 bridgehead atoms. The summed E-state index contributed by atoms with van der Waals surface area (Å²) in [5.41, 5.74) is 2.01. The van der Waals surface area contributed by atoms with Crippen LogP contribution in [0.5, 0.6) is 0 Å². The molecule has 0 radical (unpaired) electrons. The molecule has 2 aromatic rings. The lowest BCUT2D eigenvalue weighted by Gasteiger charge is -2.18. The Bertz CT molecular complexity index is 465. The Morgan fingerprint density at radius 1 is 1.44 bits per heavy atom. The number of benzene rings is 1. The van der Waals surface area contributed by atoms with Gasteiger partial charge in [-0.2, -0.15) is 0 Å². The number of H-pyrrole nitrogens is 1. The van der Waals surface area contributed by atoms with Crippen molar-refractivity contribution in [1.29, 1.82) is 0 Å². The van der Waals surface area contributed by atoms with Crippen LogP contribution >= 0.6 is 0 Å². The normalized spacial score (nSPS) is 13.3. The Balaban J connectivity index is 1.96. The zero-order valence-corrected chi connectivity index (χ0v) is 10.8. The van der Waals surface area contributed by atoms with Crippen LogP contribution in [0.3, 0.4) is 0 Å². The molecule has 1 atom stereocenters. The highest BCUT2D eigenvalue weighted by Gasteiger charge is 2.10. The van der Waals surface area contributed by atoms with Gasteiger partial charge in [-0.05, 0) is 19.2 Å². The van der Waals surface area contributed by atoms with Crippen LogP contribution in [-0.4, -0.2) is 53.4 Å². The summed E-state index contributed by atoms with van der Waals surface area (Å²) in [7, 11) is 3.54. The molecule has 5 nitrogen and oxygen atoms in total. The molecule has 0 aliphatic carbocycles. The number of aromatic nitrogens is 2. The van der Waals surface area contributed by atoms with E-state index in [2.05, 4.69) is 9.97 Å². The standard InChI is InChI=1S/C13H19N3O2/c1-16(7-10(17)9-18-2)8-13-14-11-5-3-4-6-12(11)15-13/h3-6,10,17H,7-9H2,1-2H3,(H,14,15). The largest absolute Gasteiger partial charge is 0.389 e. The van der Waals surface area contributed by atoms with Crippen LogP contribution in [0.15, 0.2) is 24.3 Å². The molecule has 0 aliphatic heterocycles. The summed E-state index contributed by atoms with van der Waals surface area (Å²) < 4.78 is 4.90. The molecule has 0 fully saturated rings. The van der Waals surface area contributed by atoms with Gasteiger partial charge >= 0.3 is 0 Å². The number of aromatic amines is 1. The highest BCUT2D eigenvalue weighted by atomic mass is 16.5. The summed E-state index contributed by atoms with van der Waals surface area (Å²) in [6.07, 6.45) is -0.468. The number of aliphatic hydroxyl groups excluding tert-OH is 1. The van der Waals surface area contributed by atoms with Crippen LogP contribution in [0.2, 0.25) is 0 Å². The molecule has 5 heteroatoms. The third-order valence-corrected chi connectivity index (χ3v) is 2.74. The molecule has 0 amide bonds. The van der Waals surface area contributed by atoms with E-state index in [0.29, 0.717) is 19.7 Å². The van der Waals surface area contributed by atoms with E-state index < -0.39 is 6.10 Å². The average molecular weight is 249 g/mol. The molecule has 98 valence electrons. The van der Waals surface area contributed by atoms with E-state index in [-0.39, 0.29) is 0 Å². The highest BCUT2D eigenvalue weighted by Crippen LogP contribution is 2.11. The molecule has 0 aliphatic rings. The molecule has 0 saturated carbocycles. The molecule has 0 spiro atoms. The van der Waals surface area contributed by atoms with Crippen LogP contribution in [0.1, 0.15) is 5.82 Å². The third-order valence-electron chi connectivity index (χ3n) is 2.74. The third kappa shape index (κ3) is 3.29. The van der Waals surface area contributed by atoms with Gasteiger partial charge in [0.05, 0.1) is 30.3 Å². The van der Waals surface area contributed by atoms with Gasteiger partial charge in [-0.15, -0.1) is 0 Å². The number of likely N-dealkylation sites (N-methyl/N-ethyl adjacent to an activating group) is 1. The van der Waals surface area contributed by atoms with E-state index >= 15 is 0 Å². The Kier molecular flexibility index (Phi) is 4.30. The van der Waals surface area contributed by atoms with Gasteiger partial charge in [-0.3, -0.25) is 4.90 Å². The predicted octanol–water partition coefficient (Wildman–Crippen LogP) is 1.00. The molecular weight excluding hydrogens is 230 g/mol. The van der Waals surface area contributed by atoms with Crippen molar-refractivity contribution < 1.29 is 9.84 Å². The van der Waals surface area contributed by atoms with Crippen molar-refractivity contribution in [3.8, 4) is 0 Å². The minimum absolute atomic E-state index is 0.352. The first-order valence-corrected chi connectivity index (χ1v) is 5.98. The first-order valence-electron chi connectivity index (χ1n) is 5.98. The summed E-state index contributed by atoms with van der Waals surface area (Å²) in [5, 5.41) is 9.64. The van der Waals surface area contributed by atoms with E-state index in [1.807, 2.05) is 36.2 Å². The first kappa shape index (κ1) is 13.0. The molecular formula is C13H19N3O2. The number of ether oxygens (including phenoxy) is 1. The number of fused-ring (bicyclic) bond motifs is 1. The lowest BCUT2D eigenvalue weighted by atomic mass is 10.3. The second kappa shape index (κ2) is 5.95. The summed E-state index contributed by atoms with van der Waals surface area (Å²) in [4.78, 5) is 9.78. The summed E-state index contributed by atoms with van der Waals surface area (Å²) in [6, 6.07) is 7.94. The minimum Gasteiger partial charge on any atom is -0.389 e. The average Bonchev–Trinajstić information content (AvgIpc) is 2.70. The fourth-order valence-corrected chi connectivity index (χ4v) is 2.01. The number of para-hydroxylation sites is 2. The van der Waals surface area contributed by atoms with Gasteiger partial charge in [0.2, 0.25) is 0 Å². The van der Waals surface area contributed by atoms with Crippen LogP contribution in [0.25, 0.3) is 11.0 Å². The van der Waals surface area contributed by atoms with Gasteiger partial charge in [-0.25, -0.2) is 4.98 Å².